The van der Waals surface area contributed by atoms with Crippen LogP contribution in [0, 0.1) is 23.7 Å². The first-order chi connectivity index (χ1) is 11.9. The van der Waals surface area contributed by atoms with Crippen LogP contribution in [0.3, 0.4) is 0 Å². The Kier molecular flexibility index (Phi) is 3.46. The molecule has 7 atom stereocenters. The zero-order valence-corrected chi connectivity index (χ0v) is 16.1. The Morgan fingerprint density at radius 1 is 1.12 bits per heavy atom. The summed E-state index contributed by atoms with van der Waals surface area (Å²) >= 11 is 0. The molecule has 5 aliphatic rings. The van der Waals surface area contributed by atoms with E-state index in [1.807, 2.05) is 0 Å². The van der Waals surface area contributed by atoms with E-state index in [4.69, 9.17) is 9.47 Å². The number of ether oxygens (including phenoxy) is 2. The molecule has 0 unspecified atom stereocenters. The van der Waals surface area contributed by atoms with E-state index < -0.39 is 0 Å². The van der Waals surface area contributed by atoms with E-state index in [2.05, 4.69) is 20.9 Å². The molecule has 4 heteroatoms. The van der Waals surface area contributed by atoms with Crippen LogP contribution in [0.2, 0.25) is 0 Å². The molecule has 2 aliphatic carbocycles. The standard InChI is InChI=1S/C21H34NO3/c1-14-7-8-17-15(13-22(3)11-5-4-6-12-22)18(23)24-21(17)16(14)9-10-20(2)19(21)25-20/h14-17,19H,4-13H2,1-3H3/q+1/t14-,15+,16-,17-,19-,20-,21-/m1/s1. The van der Waals surface area contributed by atoms with Gasteiger partial charge < -0.3 is 14.0 Å². The number of nitrogens with zero attached hydrogens (tertiary/aromatic N) is 1. The van der Waals surface area contributed by atoms with E-state index in [0.29, 0.717) is 17.8 Å². The number of piperidine rings is 1. The van der Waals surface area contributed by atoms with Gasteiger partial charge in [-0.25, -0.2) is 0 Å². The molecule has 1 spiro atoms. The predicted octanol–water partition coefficient (Wildman–Crippen LogP) is 3.14. The molecule has 3 saturated heterocycles. The van der Waals surface area contributed by atoms with Crippen molar-refractivity contribution in [2.24, 2.45) is 23.7 Å². The lowest BCUT2D eigenvalue weighted by Crippen LogP contribution is -2.59. The van der Waals surface area contributed by atoms with Crippen LogP contribution < -0.4 is 0 Å². The maximum atomic E-state index is 13.1. The number of hydrogen-bond donors (Lipinski definition) is 0. The Morgan fingerprint density at radius 2 is 1.88 bits per heavy atom. The Labute approximate surface area is 151 Å². The average molecular weight is 349 g/mol. The van der Waals surface area contributed by atoms with Crippen LogP contribution in [0.5, 0.6) is 0 Å². The highest BCUT2D eigenvalue weighted by Gasteiger charge is 2.77. The summed E-state index contributed by atoms with van der Waals surface area (Å²) in [6.45, 7) is 8.03. The lowest BCUT2D eigenvalue weighted by Gasteiger charge is -2.50. The van der Waals surface area contributed by atoms with Gasteiger partial charge in [0.25, 0.3) is 0 Å². The van der Waals surface area contributed by atoms with E-state index in [9.17, 15) is 4.79 Å². The van der Waals surface area contributed by atoms with Crippen molar-refractivity contribution in [3.8, 4) is 0 Å². The van der Waals surface area contributed by atoms with Gasteiger partial charge >= 0.3 is 5.97 Å². The van der Waals surface area contributed by atoms with Crippen LogP contribution in [0.1, 0.15) is 58.8 Å². The number of carbonyl (C=O) groups is 1. The van der Waals surface area contributed by atoms with E-state index in [1.165, 1.54) is 38.8 Å². The van der Waals surface area contributed by atoms with Crippen molar-refractivity contribution >= 4 is 5.97 Å². The van der Waals surface area contributed by atoms with Gasteiger partial charge in [-0.15, -0.1) is 0 Å². The van der Waals surface area contributed by atoms with Gasteiger partial charge in [-0.05, 0) is 57.8 Å². The van der Waals surface area contributed by atoms with Gasteiger partial charge in [0.1, 0.15) is 17.6 Å². The monoisotopic (exact) mass is 348 g/mol. The molecule has 3 aliphatic heterocycles. The second-order valence-corrected chi connectivity index (χ2v) is 10.3. The third-order valence-electron chi connectivity index (χ3n) is 8.62. The third kappa shape index (κ3) is 2.22. The van der Waals surface area contributed by atoms with Gasteiger partial charge in [0.15, 0.2) is 0 Å². The SMILES string of the molecule is C[C@@H]1CC[C@@H]2[C@H](C[N+]3(C)CCCCC3)C(=O)O[C@]23[C@@H]1CC[C@@]1(C)O[C@@H]31. The van der Waals surface area contributed by atoms with Crippen molar-refractivity contribution in [1.82, 2.24) is 0 Å². The number of carbonyl (C=O) groups excluding carboxylic acids is 1. The minimum atomic E-state index is -0.304. The average Bonchev–Trinajstić information content (AvgIpc) is 3.20. The molecule has 0 aromatic carbocycles. The first kappa shape index (κ1) is 16.6. The minimum Gasteiger partial charge on any atom is -0.455 e. The van der Waals surface area contributed by atoms with Crippen LogP contribution in [0.4, 0.5) is 0 Å². The Morgan fingerprint density at radius 3 is 2.64 bits per heavy atom. The molecule has 0 N–H and O–H groups in total. The highest BCUT2D eigenvalue weighted by molar-refractivity contribution is 5.77. The summed E-state index contributed by atoms with van der Waals surface area (Å²) < 4.78 is 13.7. The molecular weight excluding hydrogens is 314 g/mol. The van der Waals surface area contributed by atoms with E-state index in [-0.39, 0.29) is 29.2 Å². The van der Waals surface area contributed by atoms with Gasteiger partial charge in [-0.1, -0.05) is 6.92 Å². The smallest absolute Gasteiger partial charge is 0.315 e. The van der Waals surface area contributed by atoms with Gasteiger partial charge in [0.2, 0.25) is 0 Å². The van der Waals surface area contributed by atoms with Gasteiger partial charge in [-0.2, -0.15) is 0 Å². The maximum absolute atomic E-state index is 13.1. The van der Waals surface area contributed by atoms with E-state index >= 15 is 0 Å². The number of likely N-dealkylation sites (tertiary alicyclic amines) is 1. The van der Waals surface area contributed by atoms with Gasteiger partial charge in [-0.3, -0.25) is 4.79 Å². The second kappa shape index (κ2) is 5.22. The number of quaternary nitrogens is 1. The number of esters is 1. The minimum absolute atomic E-state index is 0.0232. The first-order valence-corrected chi connectivity index (χ1v) is 10.6. The molecule has 5 rings (SSSR count). The fourth-order valence-corrected chi connectivity index (χ4v) is 7.19. The molecular formula is C21H34NO3+. The van der Waals surface area contributed by atoms with Gasteiger partial charge in [0.05, 0.1) is 32.3 Å². The topological polar surface area (TPSA) is 38.8 Å². The predicted molar refractivity (Wildman–Crippen MR) is 94.8 cm³/mol. The Bertz CT molecular complexity index is 586. The summed E-state index contributed by atoms with van der Waals surface area (Å²) in [4.78, 5) is 13.1. The van der Waals surface area contributed by atoms with Gasteiger partial charge in [0, 0.05) is 11.8 Å². The summed E-state index contributed by atoms with van der Waals surface area (Å²) in [5.41, 5.74) is -0.327. The largest absolute Gasteiger partial charge is 0.455 e. The Hall–Kier alpha value is -0.610. The van der Waals surface area contributed by atoms with Crippen LogP contribution >= 0.6 is 0 Å². The molecule has 5 fully saturated rings. The third-order valence-corrected chi connectivity index (χ3v) is 8.62. The summed E-state index contributed by atoms with van der Waals surface area (Å²) in [6, 6.07) is 0. The van der Waals surface area contributed by atoms with Crippen molar-refractivity contribution in [2.75, 3.05) is 26.7 Å². The zero-order valence-electron chi connectivity index (χ0n) is 16.1. The Balaban J connectivity index is 1.47. The molecule has 2 saturated carbocycles. The summed E-state index contributed by atoms with van der Waals surface area (Å²) in [7, 11) is 2.36. The second-order valence-electron chi connectivity index (χ2n) is 10.3. The fourth-order valence-electron chi connectivity index (χ4n) is 7.19. The van der Waals surface area contributed by atoms with Crippen molar-refractivity contribution in [3.05, 3.63) is 0 Å². The first-order valence-electron chi connectivity index (χ1n) is 10.6. The summed E-state index contributed by atoms with van der Waals surface area (Å²) in [5.74, 6) is 1.72. The zero-order chi connectivity index (χ0) is 17.4. The quantitative estimate of drug-likeness (QED) is 0.437. The van der Waals surface area contributed by atoms with Crippen LogP contribution in [0.25, 0.3) is 0 Å². The summed E-state index contributed by atoms with van der Waals surface area (Å²) in [6.07, 6.45) is 8.81. The van der Waals surface area contributed by atoms with Crippen molar-refractivity contribution in [2.45, 2.75) is 76.1 Å². The van der Waals surface area contributed by atoms with Crippen molar-refractivity contribution in [3.63, 3.8) is 0 Å². The highest BCUT2D eigenvalue weighted by Crippen LogP contribution is 2.66. The normalized spacial score (nSPS) is 53.4. The lowest BCUT2D eigenvalue weighted by atomic mass is 9.55. The summed E-state index contributed by atoms with van der Waals surface area (Å²) in [5, 5.41) is 0. The van der Waals surface area contributed by atoms with E-state index in [0.717, 1.165) is 30.3 Å². The van der Waals surface area contributed by atoms with Crippen LogP contribution in [-0.2, 0) is 14.3 Å². The molecule has 0 bridgehead atoms. The highest BCUT2D eigenvalue weighted by atomic mass is 16.7. The van der Waals surface area contributed by atoms with Crippen LogP contribution in [0.15, 0.2) is 0 Å². The number of epoxide rings is 1. The molecule has 0 amide bonds. The van der Waals surface area contributed by atoms with E-state index in [1.54, 1.807) is 0 Å². The molecule has 3 heterocycles. The van der Waals surface area contributed by atoms with Crippen LogP contribution in [-0.4, -0.2) is 54.4 Å². The molecule has 0 radical (unpaired) electrons. The number of fused-ring (bicyclic) bond motifs is 1. The fraction of sp³-hybridized carbons (Fsp3) is 0.952. The molecule has 0 aromatic heterocycles. The maximum Gasteiger partial charge on any atom is 0.315 e. The molecule has 140 valence electrons. The molecule has 0 aromatic rings. The van der Waals surface area contributed by atoms with Crippen molar-refractivity contribution in [1.29, 1.82) is 0 Å². The molecule has 4 nitrogen and oxygen atoms in total. The molecule has 25 heavy (non-hydrogen) atoms. The lowest BCUT2D eigenvalue weighted by molar-refractivity contribution is -0.916. The van der Waals surface area contributed by atoms with Crippen molar-refractivity contribution < 1.29 is 18.8 Å². The number of hydrogen-bond acceptors (Lipinski definition) is 3. The number of rotatable bonds is 2.